The van der Waals surface area contributed by atoms with Crippen LogP contribution in [0.5, 0.6) is 23.0 Å². The third kappa shape index (κ3) is 20.1. The first-order valence-corrected chi connectivity index (χ1v) is 28.6. The fourth-order valence-electron chi connectivity index (χ4n) is 9.74. The molecule has 0 unspecified atom stereocenters. The predicted molar refractivity (Wildman–Crippen MR) is 294 cm³/mol. The molecule has 0 aliphatic heterocycles. The number of carbonyl (C=O) groups is 2. The number of esters is 2. The van der Waals surface area contributed by atoms with E-state index < -0.39 is 11.9 Å². The summed E-state index contributed by atoms with van der Waals surface area (Å²) in [4.78, 5) is 26.9. The summed E-state index contributed by atoms with van der Waals surface area (Å²) in [7, 11) is 2.68. The molecule has 0 aliphatic rings. The van der Waals surface area contributed by atoms with Crippen LogP contribution in [0, 0.1) is 0 Å². The van der Waals surface area contributed by atoms with Crippen LogP contribution in [0.4, 0.5) is 0 Å². The summed E-state index contributed by atoms with van der Waals surface area (Å²) < 4.78 is 37.3. The first kappa shape index (κ1) is 58.4. The lowest BCUT2D eigenvalue weighted by molar-refractivity contribution is 0.0555. The van der Waals surface area contributed by atoms with Gasteiger partial charge in [-0.15, -0.1) is 0 Å². The Kier molecular flexibility index (Phi) is 29.9. The number of rotatable bonds is 42. The molecule has 0 spiro atoms. The highest BCUT2D eigenvalue weighted by Crippen LogP contribution is 2.45. The second kappa shape index (κ2) is 35.8. The smallest absolute Gasteiger partial charge is 0.338 e. The zero-order chi connectivity index (χ0) is 50.0. The minimum absolute atomic E-state index is 0.149. The van der Waals surface area contributed by atoms with E-state index in [1.807, 2.05) is 0 Å². The van der Waals surface area contributed by atoms with Gasteiger partial charge in [-0.2, -0.15) is 0 Å². The summed E-state index contributed by atoms with van der Waals surface area (Å²) in [5, 5.41) is 5.25. The van der Waals surface area contributed by atoms with Gasteiger partial charge in [-0.05, 0) is 94.4 Å². The van der Waals surface area contributed by atoms with Gasteiger partial charge in [-0.1, -0.05) is 207 Å². The predicted octanol–water partition coefficient (Wildman–Crippen LogP) is 18.8. The van der Waals surface area contributed by atoms with E-state index in [-0.39, 0.29) is 11.1 Å². The van der Waals surface area contributed by atoms with Gasteiger partial charge in [0.25, 0.3) is 0 Å². The van der Waals surface area contributed by atoms with Gasteiger partial charge in [-0.25, -0.2) is 9.59 Å². The van der Waals surface area contributed by atoms with Crippen molar-refractivity contribution in [3.05, 3.63) is 47.5 Å². The van der Waals surface area contributed by atoms with E-state index in [2.05, 4.69) is 52.0 Å². The van der Waals surface area contributed by atoms with Crippen LogP contribution in [-0.4, -0.2) is 52.6 Å². The lowest BCUT2D eigenvalue weighted by atomic mass is 9.90. The molecule has 0 amide bonds. The highest BCUT2D eigenvalue weighted by molar-refractivity contribution is 6.28. The Labute approximate surface area is 425 Å². The Morgan fingerprint density at radius 3 is 0.671 bits per heavy atom. The number of hydrogen-bond donors (Lipinski definition) is 0. The van der Waals surface area contributed by atoms with E-state index in [9.17, 15) is 9.59 Å². The molecule has 0 radical (unpaired) electrons. The second-order valence-corrected chi connectivity index (χ2v) is 19.9. The number of hydrogen-bond acceptors (Lipinski definition) is 8. The van der Waals surface area contributed by atoms with Crippen LogP contribution >= 0.6 is 0 Å². The minimum atomic E-state index is -0.605. The van der Waals surface area contributed by atoms with Crippen molar-refractivity contribution in [1.82, 2.24) is 0 Å². The van der Waals surface area contributed by atoms with E-state index >= 15 is 0 Å². The third-order valence-electron chi connectivity index (χ3n) is 14.0. The van der Waals surface area contributed by atoms with Gasteiger partial charge in [0.15, 0.2) is 23.0 Å². The molecule has 0 heterocycles. The van der Waals surface area contributed by atoms with E-state index in [0.29, 0.717) is 49.4 Å². The highest BCUT2D eigenvalue weighted by Gasteiger charge is 2.24. The number of benzene rings is 4. The Balaban J connectivity index is 1.80. The van der Waals surface area contributed by atoms with Gasteiger partial charge >= 0.3 is 11.9 Å². The lowest BCUT2D eigenvalue weighted by Gasteiger charge is -2.20. The molecule has 4 rings (SSSR count). The lowest BCUT2D eigenvalue weighted by Crippen LogP contribution is -2.12. The summed E-state index contributed by atoms with van der Waals surface area (Å²) in [6.07, 6.45) is 38.9. The maximum absolute atomic E-state index is 13.5. The molecule has 8 heteroatoms. The fraction of sp³-hybridized carbons (Fsp3) is 0.677. The first-order chi connectivity index (χ1) is 34.4. The molecule has 0 saturated carbocycles. The van der Waals surface area contributed by atoms with Crippen molar-refractivity contribution in [2.75, 3.05) is 40.6 Å². The molecule has 0 bridgehead atoms. The van der Waals surface area contributed by atoms with E-state index in [4.69, 9.17) is 28.4 Å². The first-order valence-electron chi connectivity index (χ1n) is 28.6. The molecule has 4 aromatic carbocycles. The standard InChI is InChI=1S/C62H96O8/c1-7-11-15-19-23-27-31-35-39-67-57-45-51-49-43-55(61(63)65-5)56(62(64)66-6)44-50(49)52-46-58(68-40-36-32-28-24-20-16-12-8-2)60(70-42-38-34-30-26-22-18-14-10-4)48-54(52)53(51)47-59(57)69-41-37-33-29-25-21-17-13-9-3/h43-48H,7-42H2,1-6H3. The summed E-state index contributed by atoms with van der Waals surface area (Å²) in [5.74, 6) is 1.59. The molecule has 70 heavy (non-hydrogen) atoms. The Morgan fingerprint density at radius 1 is 0.286 bits per heavy atom. The average molecular weight is 969 g/mol. The Bertz CT molecular complexity index is 1930. The van der Waals surface area contributed by atoms with Crippen LogP contribution in [0.3, 0.4) is 0 Å². The molecule has 392 valence electrons. The van der Waals surface area contributed by atoms with Gasteiger partial charge in [0.05, 0.1) is 51.8 Å². The van der Waals surface area contributed by atoms with Crippen molar-refractivity contribution in [2.45, 2.75) is 233 Å². The van der Waals surface area contributed by atoms with Gasteiger partial charge in [0.1, 0.15) is 0 Å². The second-order valence-electron chi connectivity index (χ2n) is 19.9. The fourth-order valence-corrected chi connectivity index (χ4v) is 9.74. The normalized spacial score (nSPS) is 11.5. The summed E-state index contributed by atoms with van der Waals surface area (Å²) in [6.45, 7) is 11.4. The number of unbranched alkanes of at least 4 members (excludes halogenated alkanes) is 28. The monoisotopic (exact) mass is 969 g/mol. The maximum atomic E-state index is 13.5. The highest BCUT2D eigenvalue weighted by atomic mass is 16.5. The van der Waals surface area contributed by atoms with Crippen molar-refractivity contribution in [2.24, 2.45) is 0 Å². The summed E-state index contributed by atoms with van der Waals surface area (Å²) in [5.41, 5.74) is 0.297. The number of fused-ring (bicyclic) bond motifs is 6. The Hall–Kier alpha value is -4.20. The molecule has 0 fully saturated rings. The molecular weight excluding hydrogens is 873 g/mol. The van der Waals surface area contributed by atoms with Gasteiger partial charge in [0.2, 0.25) is 0 Å². The van der Waals surface area contributed by atoms with Crippen LogP contribution in [0.15, 0.2) is 36.4 Å². The minimum Gasteiger partial charge on any atom is -0.490 e. The molecule has 0 N–H and O–H groups in total. The van der Waals surface area contributed by atoms with Crippen LogP contribution in [0.2, 0.25) is 0 Å². The van der Waals surface area contributed by atoms with E-state index in [1.165, 1.54) is 168 Å². The van der Waals surface area contributed by atoms with Crippen molar-refractivity contribution >= 4 is 44.3 Å². The number of methoxy groups -OCH3 is 2. The quantitative estimate of drug-likeness (QED) is 0.0246. The van der Waals surface area contributed by atoms with Crippen molar-refractivity contribution in [1.29, 1.82) is 0 Å². The summed E-state index contributed by atoms with van der Waals surface area (Å²) >= 11 is 0. The zero-order valence-corrected chi connectivity index (χ0v) is 45.2. The van der Waals surface area contributed by atoms with Gasteiger partial charge in [-0.3, -0.25) is 0 Å². The van der Waals surface area contributed by atoms with Gasteiger partial charge < -0.3 is 28.4 Å². The SMILES string of the molecule is CCCCCCCCCCOc1cc2c3cc(OCCCCCCCCCC)c(OCCCCCCCCCC)cc3c3cc(C(=O)OC)c(C(=O)OC)cc3c2cc1OCCCCCCCCCC. The Morgan fingerprint density at radius 2 is 0.471 bits per heavy atom. The largest absolute Gasteiger partial charge is 0.490 e. The molecular formula is C62H96O8. The molecule has 4 aromatic rings. The molecule has 0 saturated heterocycles. The van der Waals surface area contributed by atoms with Crippen molar-refractivity contribution in [3.63, 3.8) is 0 Å². The van der Waals surface area contributed by atoms with Crippen molar-refractivity contribution in [3.8, 4) is 23.0 Å². The third-order valence-corrected chi connectivity index (χ3v) is 14.0. The van der Waals surface area contributed by atoms with Crippen LogP contribution in [0.25, 0.3) is 32.3 Å². The number of carbonyl (C=O) groups excluding carboxylic acids is 2. The van der Waals surface area contributed by atoms with Crippen molar-refractivity contribution < 1.29 is 38.0 Å². The average Bonchev–Trinajstić information content (AvgIpc) is 3.38. The molecule has 0 atom stereocenters. The topological polar surface area (TPSA) is 89.5 Å². The molecule has 0 aliphatic carbocycles. The number of ether oxygens (including phenoxy) is 6. The van der Waals surface area contributed by atoms with Gasteiger partial charge in [0, 0.05) is 0 Å². The summed E-state index contributed by atoms with van der Waals surface area (Å²) in [6, 6.07) is 12.0. The zero-order valence-electron chi connectivity index (χ0n) is 45.2. The molecule has 8 nitrogen and oxygen atoms in total. The van der Waals surface area contributed by atoms with Crippen LogP contribution < -0.4 is 18.9 Å². The van der Waals surface area contributed by atoms with Crippen LogP contribution in [0.1, 0.15) is 254 Å². The van der Waals surface area contributed by atoms with E-state index in [0.717, 1.165) is 83.7 Å². The van der Waals surface area contributed by atoms with E-state index in [1.54, 1.807) is 12.1 Å². The van der Waals surface area contributed by atoms with Crippen LogP contribution in [-0.2, 0) is 9.47 Å². The molecule has 0 aromatic heterocycles. The maximum Gasteiger partial charge on any atom is 0.338 e.